The third-order valence-electron chi connectivity index (χ3n) is 4.23. The first kappa shape index (κ1) is 25.7. The Kier molecular flexibility index (Phi) is 10.1. The molecule has 0 aliphatic carbocycles. The van der Waals surface area contributed by atoms with Gasteiger partial charge < -0.3 is 10.1 Å². The second-order valence-electron chi connectivity index (χ2n) is 7.94. The molecule has 1 heterocycles. The summed E-state index contributed by atoms with van der Waals surface area (Å²) in [7, 11) is -1.29. The van der Waals surface area contributed by atoms with Crippen molar-refractivity contribution >= 4 is 19.0 Å². The molecule has 3 rings (SSSR count). The topological polar surface area (TPSA) is 50.2 Å². The predicted octanol–water partition coefficient (Wildman–Crippen LogP) is 5.80. The number of allylic oxidation sites excluding steroid dienone is 2. The molecule has 0 atom stereocenters. The summed E-state index contributed by atoms with van der Waals surface area (Å²) in [6.07, 6.45) is 3.20. The first-order valence-electron chi connectivity index (χ1n) is 9.58. The number of aliphatic hydroxyl groups is 1. The van der Waals surface area contributed by atoms with Crippen molar-refractivity contribution in [2.45, 2.75) is 33.5 Å². The van der Waals surface area contributed by atoms with Crippen LogP contribution >= 0.6 is 0 Å². The minimum absolute atomic E-state index is 0. The molecule has 159 valence electrons. The maximum atomic E-state index is 10.0. The zero-order valence-corrected chi connectivity index (χ0v) is 21.5. The summed E-state index contributed by atoms with van der Waals surface area (Å²) >= 11 is 0. The van der Waals surface area contributed by atoms with Crippen molar-refractivity contribution in [1.29, 1.82) is 0 Å². The molecule has 0 amide bonds. The number of carbonyl (C=O) groups is 1. The van der Waals surface area contributed by atoms with Crippen LogP contribution in [0.15, 0.2) is 78.7 Å². The molecule has 3 nitrogen and oxygen atoms in total. The van der Waals surface area contributed by atoms with Gasteiger partial charge in [0.2, 0.25) is 0 Å². The van der Waals surface area contributed by atoms with E-state index in [2.05, 4.69) is 79.2 Å². The van der Waals surface area contributed by atoms with E-state index in [1.165, 1.54) is 36.2 Å². The van der Waals surface area contributed by atoms with E-state index in [0.29, 0.717) is 0 Å². The van der Waals surface area contributed by atoms with Gasteiger partial charge in [0.05, 0.1) is 13.8 Å². The number of aromatic nitrogens is 1. The number of pyridine rings is 1. The minimum Gasteiger partial charge on any atom is -0.512 e. The number of hydrogen-bond donors (Lipinski definition) is 1. The van der Waals surface area contributed by atoms with Crippen molar-refractivity contribution in [3.63, 3.8) is 0 Å². The van der Waals surface area contributed by atoms with Crippen molar-refractivity contribution in [2.75, 3.05) is 0 Å². The van der Waals surface area contributed by atoms with Gasteiger partial charge in [-0.3, -0.25) is 4.79 Å². The molecular formula is C25H28IrNO2Si-. The number of benzene rings is 2. The van der Waals surface area contributed by atoms with E-state index in [-0.39, 0.29) is 31.6 Å². The average Bonchev–Trinajstić information content (AvgIpc) is 2.68. The molecule has 3 aromatic rings. The van der Waals surface area contributed by atoms with Gasteiger partial charge in [-0.2, -0.15) is 0 Å². The number of aliphatic hydroxyl groups excluding tert-OH is 1. The summed E-state index contributed by atoms with van der Waals surface area (Å²) in [6, 6.07) is 24.3. The Balaban J connectivity index is 0.000000489. The van der Waals surface area contributed by atoms with Crippen molar-refractivity contribution in [3.8, 4) is 22.4 Å². The Morgan fingerprint density at radius 3 is 2.13 bits per heavy atom. The van der Waals surface area contributed by atoms with Gasteiger partial charge in [0, 0.05) is 32.4 Å². The van der Waals surface area contributed by atoms with Gasteiger partial charge in [-0.05, 0) is 30.3 Å². The summed E-state index contributed by atoms with van der Waals surface area (Å²) in [5.41, 5.74) is 4.45. The van der Waals surface area contributed by atoms with Gasteiger partial charge in [0.1, 0.15) is 0 Å². The molecule has 0 spiro atoms. The number of carbonyl (C=O) groups excluding carboxylic acids is 1. The van der Waals surface area contributed by atoms with E-state index < -0.39 is 8.07 Å². The summed E-state index contributed by atoms with van der Waals surface area (Å²) in [5.74, 6) is -0.0625. The molecule has 0 saturated carbocycles. The molecule has 0 aliphatic heterocycles. The first-order valence-corrected chi connectivity index (χ1v) is 13.1. The Bertz CT molecular complexity index is 974. The molecule has 0 aliphatic rings. The van der Waals surface area contributed by atoms with Crippen molar-refractivity contribution in [1.82, 2.24) is 4.98 Å². The van der Waals surface area contributed by atoms with Crippen LogP contribution in [0.1, 0.15) is 13.8 Å². The van der Waals surface area contributed by atoms with E-state index in [9.17, 15) is 4.79 Å². The number of rotatable bonds is 4. The van der Waals surface area contributed by atoms with Crippen LogP contribution in [0.3, 0.4) is 0 Å². The largest absolute Gasteiger partial charge is 0.512 e. The van der Waals surface area contributed by atoms with Crippen LogP contribution < -0.4 is 5.19 Å². The van der Waals surface area contributed by atoms with Gasteiger partial charge in [0.25, 0.3) is 0 Å². The molecule has 5 heteroatoms. The standard InChI is InChI=1S/C20H20NSi.C5H8O2.Ir/c1-22(2,3)19-12-13-20(21-15-19)18-11-7-10-17(14-18)16-8-5-4-6-9-16;1-4(6)3-5(2)7;/h4-10,12-15H,1-3H3;3,6H,1-2H3;/q-1;;. The Hall–Kier alpha value is -2.33. The van der Waals surface area contributed by atoms with Gasteiger partial charge in [-0.1, -0.05) is 62.1 Å². The fraction of sp³-hybridized carbons (Fsp3) is 0.200. The Labute approximate surface area is 194 Å². The molecule has 1 N–H and O–H groups in total. The van der Waals surface area contributed by atoms with Gasteiger partial charge in [0.15, 0.2) is 5.78 Å². The predicted molar refractivity (Wildman–Crippen MR) is 124 cm³/mol. The quantitative estimate of drug-likeness (QED) is 0.180. The van der Waals surface area contributed by atoms with Crippen molar-refractivity contribution in [2.24, 2.45) is 0 Å². The number of hydrogen-bond acceptors (Lipinski definition) is 3. The third kappa shape index (κ3) is 8.19. The Morgan fingerprint density at radius 1 is 1.00 bits per heavy atom. The maximum Gasteiger partial charge on any atom is 0.155 e. The summed E-state index contributed by atoms with van der Waals surface area (Å²) in [5, 5.41) is 9.75. The molecular weight excluding hydrogens is 567 g/mol. The van der Waals surface area contributed by atoms with Gasteiger partial charge in [-0.15, -0.1) is 35.4 Å². The molecule has 0 bridgehead atoms. The van der Waals surface area contributed by atoms with Gasteiger partial charge in [-0.25, -0.2) is 0 Å². The van der Waals surface area contributed by atoms with Gasteiger partial charge >= 0.3 is 0 Å². The smallest absolute Gasteiger partial charge is 0.155 e. The molecule has 1 radical (unpaired) electrons. The van der Waals surface area contributed by atoms with Crippen molar-refractivity contribution < 1.29 is 30.0 Å². The molecule has 0 fully saturated rings. The van der Waals surface area contributed by atoms with E-state index in [0.717, 1.165) is 11.3 Å². The summed E-state index contributed by atoms with van der Waals surface area (Å²) < 4.78 is 0. The fourth-order valence-corrected chi connectivity index (χ4v) is 3.75. The van der Waals surface area contributed by atoms with Crippen LogP contribution in [0, 0.1) is 6.07 Å². The maximum absolute atomic E-state index is 10.0. The van der Waals surface area contributed by atoms with Crippen LogP contribution in [0.4, 0.5) is 0 Å². The number of ketones is 1. The van der Waals surface area contributed by atoms with E-state index in [1.54, 1.807) is 0 Å². The van der Waals surface area contributed by atoms with E-state index >= 15 is 0 Å². The second kappa shape index (κ2) is 11.7. The van der Waals surface area contributed by atoms with Crippen LogP contribution in [0.5, 0.6) is 0 Å². The SMILES string of the molecule is CC(=O)C=C(C)O.C[Si](C)(C)c1ccc(-c2[c-]ccc(-c3ccccc3)c2)nc1.[Ir]. The third-order valence-corrected chi connectivity index (χ3v) is 6.25. The van der Waals surface area contributed by atoms with E-state index in [1.807, 2.05) is 18.3 Å². The first-order chi connectivity index (χ1) is 13.7. The molecule has 0 saturated heterocycles. The monoisotopic (exact) mass is 595 g/mol. The van der Waals surface area contributed by atoms with Crippen LogP contribution in [-0.4, -0.2) is 23.9 Å². The second-order valence-corrected chi connectivity index (χ2v) is 13.0. The summed E-state index contributed by atoms with van der Waals surface area (Å²) in [4.78, 5) is 14.7. The normalized spacial score (nSPS) is 11.0. The Morgan fingerprint density at radius 2 is 1.67 bits per heavy atom. The number of nitrogens with zero attached hydrogens (tertiary/aromatic N) is 1. The average molecular weight is 595 g/mol. The minimum atomic E-state index is -1.29. The van der Waals surface area contributed by atoms with E-state index in [4.69, 9.17) is 5.11 Å². The molecule has 2 aromatic carbocycles. The zero-order valence-electron chi connectivity index (χ0n) is 18.1. The summed E-state index contributed by atoms with van der Waals surface area (Å²) in [6.45, 7) is 9.87. The molecule has 0 unspecified atom stereocenters. The molecule has 1 aromatic heterocycles. The van der Waals surface area contributed by atoms with Crippen molar-refractivity contribution in [3.05, 3.63) is 84.8 Å². The molecule has 30 heavy (non-hydrogen) atoms. The van der Waals surface area contributed by atoms with Crippen LogP contribution in [0.25, 0.3) is 22.4 Å². The zero-order chi connectivity index (χ0) is 21.4. The van der Waals surface area contributed by atoms with Crippen LogP contribution in [-0.2, 0) is 24.9 Å². The van der Waals surface area contributed by atoms with Crippen LogP contribution in [0.2, 0.25) is 19.6 Å². The fourth-order valence-electron chi connectivity index (χ4n) is 2.72.